The second-order valence-electron chi connectivity index (χ2n) is 6.16. The van der Waals surface area contributed by atoms with Crippen molar-refractivity contribution in [3.8, 4) is 0 Å². The fourth-order valence-electron chi connectivity index (χ4n) is 2.56. The van der Waals surface area contributed by atoms with E-state index in [4.69, 9.17) is 18.9 Å². The Hall–Kier alpha value is -3.70. The lowest BCUT2D eigenvalue weighted by atomic mass is 10.1. The Bertz CT molecular complexity index is 762. The average Bonchev–Trinajstić information content (AvgIpc) is 2.72. The van der Waals surface area contributed by atoms with Gasteiger partial charge >= 0.3 is 24.4 Å². The van der Waals surface area contributed by atoms with E-state index in [9.17, 15) is 19.2 Å². The first kappa shape index (κ1) is 26.3. The van der Waals surface area contributed by atoms with Gasteiger partial charge in [0.2, 0.25) is 0 Å². The van der Waals surface area contributed by atoms with Crippen LogP contribution in [-0.4, -0.2) is 50.8 Å². The third-order valence-corrected chi connectivity index (χ3v) is 3.85. The molecule has 0 aromatic heterocycles. The third-order valence-electron chi connectivity index (χ3n) is 3.85. The van der Waals surface area contributed by atoms with Crippen LogP contribution < -0.4 is 20.9 Å². The first-order valence-electron chi connectivity index (χ1n) is 10.1. The zero-order valence-corrected chi connectivity index (χ0v) is 19.1. The van der Waals surface area contributed by atoms with E-state index in [1.54, 1.807) is 41.5 Å². The van der Waals surface area contributed by atoms with E-state index >= 15 is 0 Å². The van der Waals surface area contributed by atoms with Gasteiger partial charge in [0, 0.05) is 0 Å². The van der Waals surface area contributed by atoms with Crippen LogP contribution >= 0.6 is 0 Å². The Labute approximate surface area is 186 Å². The number of benzene rings is 1. The van der Waals surface area contributed by atoms with Crippen LogP contribution in [0.5, 0.6) is 0 Å². The fourth-order valence-corrected chi connectivity index (χ4v) is 2.56. The predicted molar refractivity (Wildman–Crippen MR) is 115 cm³/mol. The highest BCUT2D eigenvalue weighted by Gasteiger charge is 2.27. The Morgan fingerprint density at radius 3 is 1.25 bits per heavy atom. The zero-order chi connectivity index (χ0) is 24.3. The SMILES string of the molecule is CCOC(=O)NN(C(=O)OCC)c1cc(C)c(N(NC(=O)OCC)C(=O)OCC)cc1C. The second kappa shape index (κ2) is 12.9. The summed E-state index contributed by atoms with van der Waals surface area (Å²) >= 11 is 0. The summed E-state index contributed by atoms with van der Waals surface area (Å²) in [6.07, 6.45) is -3.36. The van der Waals surface area contributed by atoms with Gasteiger partial charge in [0.25, 0.3) is 0 Å². The lowest BCUT2D eigenvalue weighted by molar-refractivity contribution is 0.138. The molecule has 32 heavy (non-hydrogen) atoms. The highest BCUT2D eigenvalue weighted by atomic mass is 16.6. The monoisotopic (exact) mass is 454 g/mol. The van der Waals surface area contributed by atoms with Gasteiger partial charge in [0.1, 0.15) is 0 Å². The molecular weight excluding hydrogens is 424 g/mol. The predicted octanol–water partition coefficient (Wildman–Crippen LogP) is 3.55. The molecule has 0 aliphatic heterocycles. The molecule has 0 atom stereocenters. The quantitative estimate of drug-likeness (QED) is 0.492. The lowest BCUT2D eigenvalue weighted by Gasteiger charge is -2.27. The minimum Gasteiger partial charge on any atom is -0.449 e. The van der Waals surface area contributed by atoms with E-state index in [0.717, 1.165) is 10.0 Å². The van der Waals surface area contributed by atoms with Crippen molar-refractivity contribution >= 4 is 35.7 Å². The summed E-state index contributed by atoms with van der Waals surface area (Å²) in [7, 11) is 0. The van der Waals surface area contributed by atoms with Crippen molar-refractivity contribution < 1.29 is 38.1 Å². The van der Waals surface area contributed by atoms with Gasteiger partial charge in [0.15, 0.2) is 0 Å². The molecule has 0 fully saturated rings. The van der Waals surface area contributed by atoms with Crippen LogP contribution in [0.4, 0.5) is 30.6 Å². The third kappa shape index (κ3) is 7.22. The van der Waals surface area contributed by atoms with Crippen molar-refractivity contribution in [1.29, 1.82) is 0 Å². The van der Waals surface area contributed by atoms with Gasteiger partial charge in [-0.05, 0) is 64.8 Å². The van der Waals surface area contributed by atoms with E-state index < -0.39 is 24.4 Å². The molecule has 1 rings (SSSR count). The number of hydrogen-bond donors (Lipinski definition) is 2. The van der Waals surface area contributed by atoms with Crippen LogP contribution in [0, 0.1) is 13.8 Å². The summed E-state index contributed by atoms with van der Waals surface area (Å²) in [6, 6.07) is 3.07. The number of hydrazine groups is 2. The van der Waals surface area contributed by atoms with Crippen molar-refractivity contribution in [3.05, 3.63) is 23.3 Å². The molecule has 2 N–H and O–H groups in total. The molecule has 0 aliphatic carbocycles. The number of ether oxygens (including phenoxy) is 4. The maximum Gasteiger partial charge on any atom is 0.433 e. The van der Waals surface area contributed by atoms with Crippen LogP contribution in [0.3, 0.4) is 0 Å². The largest absolute Gasteiger partial charge is 0.449 e. The van der Waals surface area contributed by atoms with Crippen LogP contribution in [0.2, 0.25) is 0 Å². The van der Waals surface area contributed by atoms with Gasteiger partial charge < -0.3 is 18.9 Å². The van der Waals surface area contributed by atoms with E-state index in [2.05, 4.69) is 10.9 Å². The van der Waals surface area contributed by atoms with Gasteiger partial charge in [-0.2, -0.15) is 10.0 Å². The molecule has 1 aromatic rings. The number of hydrogen-bond acceptors (Lipinski definition) is 8. The number of nitrogens with zero attached hydrogens (tertiary/aromatic N) is 2. The highest BCUT2D eigenvalue weighted by molar-refractivity contribution is 5.95. The Morgan fingerprint density at radius 1 is 0.656 bits per heavy atom. The number of carbonyl (C=O) groups excluding carboxylic acids is 4. The van der Waals surface area contributed by atoms with Crippen molar-refractivity contribution in [1.82, 2.24) is 10.9 Å². The minimum absolute atomic E-state index is 0.0794. The fraction of sp³-hybridized carbons (Fsp3) is 0.500. The summed E-state index contributed by atoms with van der Waals surface area (Å²) in [5.41, 5.74) is 6.15. The normalized spacial score (nSPS) is 9.94. The number of carbonyl (C=O) groups is 4. The first-order chi connectivity index (χ1) is 15.2. The van der Waals surface area contributed by atoms with Gasteiger partial charge in [-0.3, -0.25) is 0 Å². The van der Waals surface area contributed by atoms with E-state index in [1.165, 1.54) is 12.1 Å². The van der Waals surface area contributed by atoms with Crippen LogP contribution in [0.1, 0.15) is 38.8 Å². The van der Waals surface area contributed by atoms with Crippen LogP contribution in [0.25, 0.3) is 0 Å². The molecule has 0 saturated carbocycles. The lowest BCUT2D eigenvalue weighted by Crippen LogP contribution is -2.48. The van der Waals surface area contributed by atoms with E-state index in [-0.39, 0.29) is 37.8 Å². The molecule has 12 nitrogen and oxygen atoms in total. The van der Waals surface area contributed by atoms with Gasteiger partial charge in [-0.25, -0.2) is 30.0 Å². The number of nitrogens with one attached hydrogen (secondary N) is 2. The summed E-state index contributed by atoms with van der Waals surface area (Å²) in [5.74, 6) is 0. The number of amides is 4. The van der Waals surface area contributed by atoms with Gasteiger partial charge in [-0.1, -0.05) is 0 Å². The number of anilines is 2. The Balaban J connectivity index is 3.41. The standard InChI is InChI=1S/C20H30N4O8/c1-7-29-17(25)21-23(19(27)31-9-3)15-11-14(6)16(12-13(15)5)24(20(28)32-10-4)22-18(26)30-8-2/h11-12H,7-10H2,1-6H3,(H,21,25)(H,22,26). The summed E-state index contributed by atoms with van der Waals surface area (Å²) in [4.78, 5) is 48.8. The molecule has 178 valence electrons. The van der Waals surface area contributed by atoms with Crippen molar-refractivity contribution in [2.24, 2.45) is 0 Å². The summed E-state index contributed by atoms with van der Waals surface area (Å²) in [6.45, 7) is 10.2. The van der Waals surface area contributed by atoms with Crippen molar-refractivity contribution in [2.45, 2.75) is 41.5 Å². The molecule has 0 unspecified atom stereocenters. The Morgan fingerprint density at radius 2 is 0.969 bits per heavy atom. The molecule has 4 amide bonds. The van der Waals surface area contributed by atoms with Gasteiger partial charge in [-0.15, -0.1) is 0 Å². The molecule has 1 aromatic carbocycles. The van der Waals surface area contributed by atoms with Crippen LogP contribution in [0.15, 0.2) is 12.1 Å². The molecule has 0 saturated heterocycles. The summed E-state index contributed by atoms with van der Waals surface area (Å²) in [5, 5.41) is 1.81. The first-order valence-corrected chi connectivity index (χ1v) is 10.1. The van der Waals surface area contributed by atoms with E-state index in [0.29, 0.717) is 11.1 Å². The summed E-state index contributed by atoms with van der Waals surface area (Å²) < 4.78 is 19.7. The zero-order valence-electron chi connectivity index (χ0n) is 19.1. The second-order valence-corrected chi connectivity index (χ2v) is 6.16. The molecule has 0 aliphatic rings. The smallest absolute Gasteiger partial charge is 0.433 e. The van der Waals surface area contributed by atoms with Crippen molar-refractivity contribution in [2.75, 3.05) is 36.4 Å². The molecule has 12 heteroatoms. The van der Waals surface area contributed by atoms with Crippen molar-refractivity contribution in [3.63, 3.8) is 0 Å². The topological polar surface area (TPSA) is 136 Å². The van der Waals surface area contributed by atoms with E-state index in [1.807, 2.05) is 0 Å². The molecule has 0 bridgehead atoms. The molecule has 0 spiro atoms. The average molecular weight is 454 g/mol. The Kier molecular flexibility index (Phi) is 10.6. The van der Waals surface area contributed by atoms with Gasteiger partial charge in [0.05, 0.1) is 37.8 Å². The maximum absolute atomic E-state index is 12.5. The number of aryl methyl sites for hydroxylation is 2. The highest BCUT2D eigenvalue weighted by Crippen LogP contribution is 2.29. The number of rotatable bonds is 6. The molecular formula is C20H30N4O8. The minimum atomic E-state index is -0.848. The molecule has 0 radical (unpaired) electrons. The maximum atomic E-state index is 12.5. The van der Waals surface area contributed by atoms with Crippen LogP contribution in [-0.2, 0) is 18.9 Å². The molecule has 0 heterocycles.